The Bertz CT molecular complexity index is 1150. The maximum atomic E-state index is 12.6. The summed E-state index contributed by atoms with van der Waals surface area (Å²) in [7, 11) is -7.16. The lowest BCUT2D eigenvalue weighted by molar-refractivity contribution is 0.102. The second-order valence-corrected chi connectivity index (χ2v) is 11.2. The molecule has 160 valence electrons. The number of carbonyl (C=O) groups is 1. The van der Waals surface area contributed by atoms with Crippen LogP contribution in [0.3, 0.4) is 0 Å². The maximum Gasteiger partial charge on any atom is 0.255 e. The summed E-state index contributed by atoms with van der Waals surface area (Å²) in [4.78, 5) is 12.8. The van der Waals surface area contributed by atoms with Gasteiger partial charge in [-0.05, 0) is 68.1 Å². The van der Waals surface area contributed by atoms with Crippen molar-refractivity contribution in [2.75, 3.05) is 18.4 Å². The van der Waals surface area contributed by atoms with E-state index in [0.717, 1.165) is 25.7 Å². The van der Waals surface area contributed by atoms with Crippen molar-refractivity contribution < 1.29 is 21.6 Å². The van der Waals surface area contributed by atoms with Crippen LogP contribution in [0.15, 0.2) is 58.3 Å². The molecule has 1 saturated carbocycles. The summed E-state index contributed by atoms with van der Waals surface area (Å²) in [6, 6.07) is 11.8. The second-order valence-electron chi connectivity index (χ2n) is 7.51. The normalized spacial score (nSPS) is 17.7. The van der Waals surface area contributed by atoms with Crippen LogP contribution >= 0.6 is 0 Å². The van der Waals surface area contributed by atoms with E-state index in [0.29, 0.717) is 18.8 Å². The van der Waals surface area contributed by atoms with Gasteiger partial charge in [-0.15, -0.1) is 0 Å². The molecule has 2 aliphatic rings. The number of benzene rings is 2. The average Bonchev–Trinajstić information content (AvgIpc) is 3.34. The van der Waals surface area contributed by atoms with Gasteiger partial charge in [0.25, 0.3) is 5.91 Å². The quantitative estimate of drug-likeness (QED) is 0.673. The van der Waals surface area contributed by atoms with Gasteiger partial charge in [0.1, 0.15) is 0 Å². The van der Waals surface area contributed by atoms with Gasteiger partial charge in [0.05, 0.1) is 9.79 Å². The van der Waals surface area contributed by atoms with Crippen LogP contribution in [0.4, 0.5) is 5.69 Å². The van der Waals surface area contributed by atoms with Gasteiger partial charge in [0.2, 0.25) is 20.0 Å². The lowest BCUT2D eigenvalue weighted by atomic mass is 10.2. The molecule has 0 aromatic heterocycles. The summed E-state index contributed by atoms with van der Waals surface area (Å²) in [5.74, 6) is -0.454. The highest BCUT2D eigenvalue weighted by Gasteiger charge is 2.28. The number of rotatable bonds is 7. The minimum Gasteiger partial charge on any atom is -0.322 e. The molecule has 2 aromatic carbocycles. The Balaban J connectivity index is 1.47. The molecule has 1 heterocycles. The van der Waals surface area contributed by atoms with Crippen LogP contribution in [-0.2, 0) is 20.0 Å². The lowest BCUT2D eigenvalue weighted by Gasteiger charge is -2.15. The third-order valence-electron chi connectivity index (χ3n) is 5.12. The first-order chi connectivity index (χ1) is 14.3. The third-order valence-corrected chi connectivity index (χ3v) is 8.55. The van der Waals surface area contributed by atoms with E-state index in [-0.39, 0.29) is 21.4 Å². The third kappa shape index (κ3) is 4.56. The zero-order valence-electron chi connectivity index (χ0n) is 16.2. The second kappa shape index (κ2) is 8.10. The van der Waals surface area contributed by atoms with E-state index in [1.165, 1.54) is 40.7 Å². The molecule has 2 N–H and O–H groups in total. The molecule has 0 bridgehead atoms. The fraction of sp³-hybridized carbons (Fsp3) is 0.350. The highest BCUT2D eigenvalue weighted by molar-refractivity contribution is 7.89. The fourth-order valence-electron chi connectivity index (χ4n) is 3.29. The van der Waals surface area contributed by atoms with E-state index in [4.69, 9.17) is 0 Å². The molecule has 1 aliphatic carbocycles. The first-order valence-corrected chi connectivity index (χ1v) is 12.7. The van der Waals surface area contributed by atoms with Crippen molar-refractivity contribution in [3.63, 3.8) is 0 Å². The Morgan fingerprint density at radius 1 is 0.900 bits per heavy atom. The van der Waals surface area contributed by atoms with Crippen LogP contribution < -0.4 is 10.0 Å². The van der Waals surface area contributed by atoms with Gasteiger partial charge in [-0.1, -0.05) is 6.07 Å². The summed E-state index contributed by atoms with van der Waals surface area (Å²) in [6.45, 7) is 1.03. The molecule has 2 fully saturated rings. The molecule has 0 spiro atoms. The van der Waals surface area contributed by atoms with Crippen molar-refractivity contribution in [2.24, 2.45) is 0 Å². The van der Waals surface area contributed by atoms with Crippen molar-refractivity contribution in [1.82, 2.24) is 9.03 Å². The van der Waals surface area contributed by atoms with Crippen molar-refractivity contribution >= 4 is 31.6 Å². The number of sulfonamides is 2. The van der Waals surface area contributed by atoms with Gasteiger partial charge in [0, 0.05) is 30.4 Å². The van der Waals surface area contributed by atoms with Gasteiger partial charge < -0.3 is 5.32 Å². The van der Waals surface area contributed by atoms with E-state index >= 15 is 0 Å². The summed E-state index contributed by atoms with van der Waals surface area (Å²) in [6.07, 6.45) is 3.37. The van der Waals surface area contributed by atoms with Crippen molar-refractivity contribution in [2.45, 2.75) is 41.5 Å². The van der Waals surface area contributed by atoms with Crippen molar-refractivity contribution in [1.29, 1.82) is 0 Å². The maximum absolute atomic E-state index is 12.6. The highest BCUT2D eigenvalue weighted by Crippen LogP contribution is 2.24. The van der Waals surface area contributed by atoms with Gasteiger partial charge >= 0.3 is 0 Å². The monoisotopic (exact) mass is 449 g/mol. The van der Waals surface area contributed by atoms with Gasteiger partial charge in [-0.2, -0.15) is 4.31 Å². The Labute approximate surface area is 176 Å². The van der Waals surface area contributed by atoms with Crippen LogP contribution in [0, 0.1) is 0 Å². The summed E-state index contributed by atoms with van der Waals surface area (Å²) >= 11 is 0. The Morgan fingerprint density at radius 2 is 1.57 bits per heavy atom. The summed E-state index contributed by atoms with van der Waals surface area (Å²) < 4.78 is 53.9. The smallest absolute Gasteiger partial charge is 0.255 e. The predicted molar refractivity (Wildman–Crippen MR) is 112 cm³/mol. The number of hydrogen-bond acceptors (Lipinski definition) is 5. The topological polar surface area (TPSA) is 113 Å². The Hall–Kier alpha value is -2.27. The standard InChI is InChI=1S/C20H23N3O5S2/c24-20(15-6-10-18(11-7-15)30(27,28)23-12-1-2-13-23)21-17-4-3-5-19(14-17)29(25,26)22-16-8-9-16/h3-7,10-11,14,16,22H,1-2,8-9,12-13H2,(H,21,24). The first kappa shape index (κ1) is 21.0. The number of nitrogens with one attached hydrogen (secondary N) is 2. The van der Waals surface area contributed by atoms with E-state index in [1.807, 2.05) is 0 Å². The molecule has 0 radical (unpaired) electrons. The van der Waals surface area contributed by atoms with Crippen LogP contribution in [0.1, 0.15) is 36.0 Å². The molecule has 30 heavy (non-hydrogen) atoms. The van der Waals surface area contributed by atoms with E-state index < -0.39 is 26.0 Å². The molecule has 8 nitrogen and oxygen atoms in total. The number of nitrogens with zero attached hydrogens (tertiary/aromatic N) is 1. The lowest BCUT2D eigenvalue weighted by Crippen LogP contribution is -2.27. The minimum atomic E-state index is -3.62. The number of hydrogen-bond donors (Lipinski definition) is 2. The predicted octanol–water partition coefficient (Wildman–Crippen LogP) is 2.16. The van der Waals surface area contributed by atoms with E-state index in [2.05, 4.69) is 10.0 Å². The zero-order valence-corrected chi connectivity index (χ0v) is 17.9. The van der Waals surface area contributed by atoms with Crippen LogP contribution in [0.5, 0.6) is 0 Å². The summed E-state index contributed by atoms with van der Waals surface area (Å²) in [5, 5.41) is 2.66. The van der Waals surface area contributed by atoms with Crippen molar-refractivity contribution in [3.05, 3.63) is 54.1 Å². The van der Waals surface area contributed by atoms with E-state index in [9.17, 15) is 21.6 Å². The minimum absolute atomic E-state index is 0.0106. The molecule has 10 heteroatoms. The number of carbonyl (C=O) groups excluding carboxylic acids is 1. The SMILES string of the molecule is O=C(Nc1cccc(S(=O)(=O)NC2CC2)c1)c1ccc(S(=O)(=O)N2CCCC2)cc1. The zero-order chi connectivity index (χ0) is 21.4. The highest BCUT2D eigenvalue weighted by atomic mass is 32.2. The first-order valence-electron chi connectivity index (χ1n) is 9.80. The molecule has 0 unspecified atom stereocenters. The van der Waals surface area contributed by atoms with Gasteiger partial charge in [-0.3, -0.25) is 4.79 Å². The molecule has 4 rings (SSSR count). The van der Waals surface area contributed by atoms with Crippen LogP contribution in [0.25, 0.3) is 0 Å². The van der Waals surface area contributed by atoms with Gasteiger partial charge in [-0.25, -0.2) is 21.6 Å². The van der Waals surface area contributed by atoms with E-state index in [1.54, 1.807) is 12.1 Å². The largest absolute Gasteiger partial charge is 0.322 e. The van der Waals surface area contributed by atoms with Gasteiger partial charge in [0.15, 0.2) is 0 Å². The van der Waals surface area contributed by atoms with Crippen LogP contribution in [0.2, 0.25) is 0 Å². The number of amides is 1. The van der Waals surface area contributed by atoms with Crippen molar-refractivity contribution in [3.8, 4) is 0 Å². The molecule has 1 amide bonds. The molecule has 1 aliphatic heterocycles. The molecule has 1 saturated heterocycles. The molecular formula is C20H23N3O5S2. The Kier molecular flexibility index (Phi) is 5.67. The molecule has 2 aromatic rings. The molecule has 0 atom stereocenters. The fourth-order valence-corrected chi connectivity index (χ4v) is 6.16. The summed E-state index contributed by atoms with van der Waals surface area (Å²) in [5.41, 5.74) is 0.618. The van der Waals surface area contributed by atoms with Crippen LogP contribution in [-0.4, -0.2) is 46.2 Å². The average molecular weight is 450 g/mol. The number of anilines is 1. The Morgan fingerprint density at radius 3 is 2.20 bits per heavy atom. The molecular weight excluding hydrogens is 426 g/mol.